The number of hydrogen-bond acceptors (Lipinski definition) is 5. The van der Waals surface area contributed by atoms with Crippen molar-refractivity contribution in [2.75, 3.05) is 10.5 Å². The van der Waals surface area contributed by atoms with Crippen molar-refractivity contribution in [1.82, 2.24) is 0 Å². The number of nitrogen functional groups attached to an aromatic ring is 1. The summed E-state index contributed by atoms with van der Waals surface area (Å²) in [7, 11) is -3.83. The largest absolute Gasteiger partial charge is 0.397 e. The number of nitrogens with two attached hydrogens (primary N) is 1. The van der Waals surface area contributed by atoms with E-state index in [1.807, 2.05) is 0 Å². The van der Waals surface area contributed by atoms with E-state index in [4.69, 9.17) is 5.73 Å². The Bertz CT molecular complexity index is 742. The van der Waals surface area contributed by atoms with Gasteiger partial charge in [0.1, 0.15) is 0 Å². The fraction of sp³-hybridized carbons (Fsp3) is 0. The van der Waals surface area contributed by atoms with Crippen LogP contribution in [0.15, 0.2) is 53.4 Å². The number of para-hydroxylation sites is 2. The fourth-order valence-corrected chi connectivity index (χ4v) is 2.63. The van der Waals surface area contributed by atoms with Gasteiger partial charge in [0.25, 0.3) is 15.7 Å². The lowest BCUT2D eigenvalue weighted by atomic mass is 10.3. The van der Waals surface area contributed by atoms with Gasteiger partial charge in [-0.3, -0.25) is 14.8 Å². The summed E-state index contributed by atoms with van der Waals surface area (Å²) in [5, 5.41) is 10.5. The predicted molar refractivity (Wildman–Crippen MR) is 74.8 cm³/mol. The monoisotopic (exact) mass is 293 g/mol. The third kappa shape index (κ3) is 2.86. The number of sulfonamides is 1. The van der Waals surface area contributed by atoms with Gasteiger partial charge in [0.2, 0.25) is 0 Å². The highest BCUT2D eigenvalue weighted by Gasteiger charge is 2.16. The lowest BCUT2D eigenvalue weighted by Crippen LogP contribution is -2.14. The minimum absolute atomic E-state index is 0.0775. The Morgan fingerprint density at radius 3 is 2.20 bits per heavy atom. The number of rotatable bonds is 4. The van der Waals surface area contributed by atoms with Crippen LogP contribution in [-0.4, -0.2) is 13.3 Å². The van der Waals surface area contributed by atoms with Gasteiger partial charge in [-0.1, -0.05) is 12.1 Å². The molecule has 7 nitrogen and oxygen atoms in total. The van der Waals surface area contributed by atoms with Crippen molar-refractivity contribution in [1.29, 1.82) is 0 Å². The molecule has 0 unspecified atom stereocenters. The van der Waals surface area contributed by atoms with Crippen LogP contribution in [0.3, 0.4) is 0 Å². The summed E-state index contributed by atoms with van der Waals surface area (Å²) in [5.74, 6) is 0. The molecule has 0 atom stereocenters. The SMILES string of the molecule is Nc1ccccc1NS(=O)(=O)c1ccc([N+](=O)[O-])cc1. The molecule has 0 aromatic heterocycles. The molecule has 0 aliphatic heterocycles. The van der Waals surface area contributed by atoms with Gasteiger partial charge in [-0.15, -0.1) is 0 Å². The molecule has 0 aliphatic rings. The second-order valence-corrected chi connectivity index (χ2v) is 5.63. The Hall–Kier alpha value is -2.61. The Balaban J connectivity index is 2.31. The van der Waals surface area contributed by atoms with E-state index in [0.29, 0.717) is 0 Å². The lowest BCUT2D eigenvalue weighted by molar-refractivity contribution is -0.384. The van der Waals surface area contributed by atoms with Crippen LogP contribution in [0, 0.1) is 10.1 Å². The highest BCUT2D eigenvalue weighted by Crippen LogP contribution is 2.22. The number of nitro groups is 1. The molecule has 0 spiro atoms. The molecule has 20 heavy (non-hydrogen) atoms. The van der Waals surface area contributed by atoms with Gasteiger partial charge in [0.15, 0.2) is 0 Å². The van der Waals surface area contributed by atoms with Crippen LogP contribution in [0.4, 0.5) is 17.1 Å². The van der Waals surface area contributed by atoms with Crippen LogP contribution < -0.4 is 10.5 Å². The number of nitro benzene ring substituents is 1. The molecular formula is C12H11N3O4S. The first-order valence-electron chi connectivity index (χ1n) is 5.52. The van der Waals surface area contributed by atoms with E-state index in [0.717, 1.165) is 12.1 Å². The molecule has 104 valence electrons. The van der Waals surface area contributed by atoms with Gasteiger partial charge in [-0.2, -0.15) is 0 Å². The molecule has 2 aromatic carbocycles. The third-order valence-corrected chi connectivity index (χ3v) is 3.94. The minimum atomic E-state index is -3.83. The zero-order chi connectivity index (χ0) is 14.8. The van der Waals surface area contributed by atoms with Crippen LogP contribution in [0.1, 0.15) is 0 Å². The average molecular weight is 293 g/mol. The van der Waals surface area contributed by atoms with Crippen LogP contribution in [0.2, 0.25) is 0 Å². The molecule has 0 bridgehead atoms. The van der Waals surface area contributed by atoms with Crippen molar-refractivity contribution >= 4 is 27.1 Å². The topological polar surface area (TPSA) is 115 Å². The fourth-order valence-electron chi connectivity index (χ4n) is 1.54. The number of benzene rings is 2. The number of non-ortho nitro benzene ring substituents is 1. The van der Waals surface area contributed by atoms with E-state index in [9.17, 15) is 18.5 Å². The maximum atomic E-state index is 12.1. The predicted octanol–water partition coefficient (Wildman–Crippen LogP) is 1.98. The van der Waals surface area contributed by atoms with Crippen molar-refractivity contribution in [3.05, 3.63) is 58.6 Å². The molecule has 0 fully saturated rings. The molecule has 0 heterocycles. The van der Waals surface area contributed by atoms with Crippen molar-refractivity contribution in [3.8, 4) is 0 Å². The van der Waals surface area contributed by atoms with Crippen molar-refractivity contribution in [2.45, 2.75) is 4.90 Å². The second kappa shape index (κ2) is 5.17. The standard InChI is InChI=1S/C12H11N3O4S/c13-11-3-1-2-4-12(11)14-20(18,19)10-7-5-9(6-8-10)15(16)17/h1-8,14H,13H2. The Labute approximate surface area is 115 Å². The van der Waals surface area contributed by atoms with E-state index >= 15 is 0 Å². The number of anilines is 2. The number of nitrogens with zero attached hydrogens (tertiary/aromatic N) is 1. The molecular weight excluding hydrogens is 282 g/mol. The zero-order valence-electron chi connectivity index (χ0n) is 10.2. The maximum Gasteiger partial charge on any atom is 0.269 e. The van der Waals surface area contributed by atoms with Gasteiger partial charge >= 0.3 is 0 Å². The summed E-state index contributed by atoms with van der Waals surface area (Å²) in [6.07, 6.45) is 0. The van der Waals surface area contributed by atoms with E-state index in [2.05, 4.69) is 4.72 Å². The van der Waals surface area contributed by atoms with Crippen LogP contribution in [0.5, 0.6) is 0 Å². The van der Waals surface area contributed by atoms with E-state index in [1.165, 1.54) is 18.2 Å². The molecule has 0 radical (unpaired) electrons. The highest BCUT2D eigenvalue weighted by atomic mass is 32.2. The molecule has 2 aromatic rings. The van der Waals surface area contributed by atoms with Gasteiger partial charge in [-0.05, 0) is 24.3 Å². The number of hydrogen-bond donors (Lipinski definition) is 2. The molecule has 0 saturated carbocycles. The van der Waals surface area contributed by atoms with Crippen LogP contribution >= 0.6 is 0 Å². The normalized spacial score (nSPS) is 11.0. The quantitative estimate of drug-likeness (QED) is 0.508. The Morgan fingerprint density at radius 2 is 1.65 bits per heavy atom. The van der Waals surface area contributed by atoms with E-state index in [-0.39, 0.29) is 22.0 Å². The summed E-state index contributed by atoms with van der Waals surface area (Å²) < 4.78 is 26.5. The van der Waals surface area contributed by atoms with Gasteiger partial charge in [0.05, 0.1) is 21.2 Å². The van der Waals surface area contributed by atoms with Crippen LogP contribution in [-0.2, 0) is 10.0 Å². The minimum Gasteiger partial charge on any atom is -0.397 e. The van der Waals surface area contributed by atoms with Crippen molar-refractivity contribution in [2.24, 2.45) is 0 Å². The zero-order valence-corrected chi connectivity index (χ0v) is 11.0. The van der Waals surface area contributed by atoms with Crippen molar-refractivity contribution in [3.63, 3.8) is 0 Å². The van der Waals surface area contributed by atoms with Gasteiger partial charge < -0.3 is 5.73 Å². The highest BCUT2D eigenvalue weighted by molar-refractivity contribution is 7.92. The molecule has 2 rings (SSSR count). The van der Waals surface area contributed by atoms with E-state index < -0.39 is 14.9 Å². The Kier molecular flexibility index (Phi) is 3.57. The van der Waals surface area contributed by atoms with Crippen LogP contribution in [0.25, 0.3) is 0 Å². The average Bonchev–Trinajstić information content (AvgIpc) is 2.41. The summed E-state index contributed by atoms with van der Waals surface area (Å²) in [4.78, 5) is 9.85. The van der Waals surface area contributed by atoms with Gasteiger partial charge in [-0.25, -0.2) is 8.42 Å². The molecule has 0 amide bonds. The first kappa shape index (κ1) is 13.8. The molecule has 0 saturated heterocycles. The third-order valence-electron chi connectivity index (χ3n) is 2.56. The lowest BCUT2D eigenvalue weighted by Gasteiger charge is -2.09. The van der Waals surface area contributed by atoms with Crippen molar-refractivity contribution < 1.29 is 13.3 Å². The first-order valence-corrected chi connectivity index (χ1v) is 7.00. The first-order chi connectivity index (χ1) is 9.40. The summed E-state index contributed by atoms with van der Waals surface area (Å²) in [6, 6.07) is 11.0. The molecule has 8 heteroatoms. The summed E-state index contributed by atoms with van der Waals surface area (Å²) in [6.45, 7) is 0. The molecule has 3 N–H and O–H groups in total. The maximum absolute atomic E-state index is 12.1. The Morgan fingerprint density at radius 1 is 1.05 bits per heavy atom. The smallest absolute Gasteiger partial charge is 0.269 e. The summed E-state index contributed by atoms with van der Waals surface area (Å²) in [5.41, 5.74) is 6.02. The van der Waals surface area contributed by atoms with Gasteiger partial charge in [0, 0.05) is 12.1 Å². The number of nitrogens with one attached hydrogen (secondary N) is 1. The van der Waals surface area contributed by atoms with E-state index in [1.54, 1.807) is 18.2 Å². The summed E-state index contributed by atoms with van der Waals surface area (Å²) >= 11 is 0. The molecule has 0 aliphatic carbocycles. The second-order valence-electron chi connectivity index (χ2n) is 3.94.